The second-order valence-electron chi connectivity index (χ2n) is 12.3. The van der Waals surface area contributed by atoms with Crippen molar-refractivity contribution in [2.45, 2.75) is 12.4 Å². The molecule has 0 spiro atoms. The number of para-hydroxylation sites is 1. The van der Waals surface area contributed by atoms with Crippen LogP contribution in [0.25, 0.3) is 72.8 Å². The third-order valence-electron chi connectivity index (χ3n) is 8.90. The van der Waals surface area contributed by atoms with Gasteiger partial charge in [0, 0.05) is 33.2 Å². The van der Waals surface area contributed by atoms with E-state index in [4.69, 9.17) is 9.97 Å². The Balaban J connectivity index is 1.45. The molecule has 0 N–H and O–H groups in total. The zero-order chi connectivity index (χ0) is 36.9. The van der Waals surface area contributed by atoms with Crippen LogP contribution in [-0.2, 0) is 12.4 Å². The first-order valence-corrected chi connectivity index (χ1v) is 16.2. The molecule has 0 saturated heterocycles. The molecule has 0 bridgehead atoms. The van der Waals surface area contributed by atoms with Gasteiger partial charge >= 0.3 is 12.4 Å². The molecular weight excluding hydrogens is 688 g/mol. The summed E-state index contributed by atoms with van der Waals surface area (Å²) in [5.41, 5.74) is 0.516. The second kappa shape index (κ2) is 12.8. The molecule has 0 amide bonds. The third kappa shape index (κ3) is 6.25. The van der Waals surface area contributed by atoms with E-state index in [1.165, 1.54) is 0 Å². The summed E-state index contributed by atoms with van der Waals surface area (Å²) in [5.74, 6) is 0.575. The summed E-state index contributed by atoms with van der Waals surface area (Å²) in [7, 11) is 0. The lowest BCUT2D eigenvalue weighted by Gasteiger charge is -2.18. The number of benzene rings is 6. The normalized spacial score (nSPS) is 11.9. The van der Waals surface area contributed by atoms with Crippen LogP contribution in [0.5, 0.6) is 0 Å². The minimum Gasteiger partial charge on any atom is -0.309 e. The molecule has 0 radical (unpaired) electrons. The van der Waals surface area contributed by atoms with Gasteiger partial charge in [-0.05, 0) is 71.8 Å². The molecule has 8 aromatic rings. The van der Waals surface area contributed by atoms with Crippen molar-refractivity contribution in [2.24, 2.45) is 0 Å². The standard InChI is InChI=1S/C42H23F6N5/c43-41(44,45)29-20-28(21-30(22-29)42(46,47)48)34-23-31(53-36-14-8-7-13-32(36)35-19-25(24-49)15-18-37(35)53)16-17-33(34)40-51-38(26-9-3-1-4-10-26)50-39(52-40)27-11-5-2-6-12-27/h1-23H. The van der Waals surface area contributed by atoms with Crippen molar-refractivity contribution in [1.29, 1.82) is 5.26 Å². The van der Waals surface area contributed by atoms with Gasteiger partial charge in [0.05, 0.1) is 33.8 Å². The number of hydrogen-bond donors (Lipinski definition) is 0. The Labute approximate surface area is 298 Å². The molecule has 0 aliphatic rings. The average Bonchev–Trinajstić information content (AvgIpc) is 3.51. The summed E-state index contributed by atoms with van der Waals surface area (Å²) < 4.78 is 87.3. The molecule has 2 aromatic heterocycles. The van der Waals surface area contributed by atoms with Crippen molar-refractivity contribution >= 4 is 21.8 Å². The van der Waals surface area contributed by atoms with Crippen LogP contribution in [0.1, 0.15) is 16.7 Å². The van der Waals surface area contributed by atoms with Crippen LogP contribution < -0.4 is 0 Å². The fraction of sp³-hybridized carbons (Fsp3) is 0.0476. The lowest BCUT2D eigenvalue weighted by molar-refractivity contribution is -0.143. The Kier molecular flexibility index (Phi) is 8.03. The predicted octanol–water partition coefficient (Wildman–Crippen LogP) is 11.5. The summed E-state index contributed by atoms with van der Waals surface area (Å²) in [6.07, 6.45) is -10.2. The summed E-state index contributed by atoms with van der Waals surface area (Å²) >= 11 is 0. The zero-order valence-electron chi connectivity index (χ0n) is 27.3. The van der Waals surface area contributed by atoms with E-state index in [0.29, 0.717) is 45.5 Å². The van der Waals surface area contributed by atoms with Gasteiger partial charge < -0.3 is 4.57 Å². The number of aromatic nitrogens is 4. The highest BCUT2D eigenvalue weighted by Gasteiger charge is 2.37. The zero-order valence-corrected chi connectivity index (χ0v) is 27.3. The van der Waals surface area contributed by atoms with Gasteiger partial charge in [-0.2, -0.15) is 31.6 Å². The molecular formula is C42H23F6N5. The summed E-state index contributed by atoms with van der Waals surface area (Å²) in [4.78, 5) is 14.2. The van der Waals surface area contributed by atoms with Crippen LogP contribution in [0, 0.1) is 11.3 Å². The van der Waals surface area contributed by atoms with Gasteiger partial charge in [-0.15, -0.1) is 0 Å². The molecule has 258 valence electrons. The van der Waals surface area contributed by atoms with Crippen molar-refractivity contribution in [3.63, 3.8) is 0 Å². The van der Waals surface area contributed by atoms with Crippen LogP contribution in [0.4, 0.5) is 26.3 Å². The lowest BCUT2D eigenvalue weighted by atomic mass is 9.94. The topological polar surface area (TPSA) is 67.4 Å². The average molecular weight is 712 g/mol. The molecule has 0 aliphatic carbocycles. The Morgan fingerprint density at radius 3 is 1.60 bits per heavy atom. The van der Waals surface area contributed by atoms with Crippen LogP contribution >= 0.6 is 0 Å². The smallest absolute Gasteiger partial charge is 0.309 e. The van der Waals surface area contributed by atoms with E-state index in [-0.39, 0.29) is 40.2 Å². The van der Waals surface area contributed by atoms with Crippen molar-refractivity contribution in [3.05, 3.63) is 156 Å². The fourth-order valence-corrected chi connectivity index (χ4v) is 6.47. The van der Waals surface area contributed by atoms with Gasteiger partial charge in [0.1, 0.15) is 0 Å². The molecule has 0 fully saturated rings. The molecule has 11 heteroatoms. The predicted molar refractivity (Wildman–Crippen MR) is 191 cm³/mol. The molecule has 0 saturated carbocycles. The third-order valence-corrected chi connectivity index (χ3v) is 8.90. The highest BCUT2D eigenvalue weighted by molar-refractivity contribution is 6.09. The summed E-state index contributed by atoms with van der Waals surface area (Å²) in [6, 6.07) is 39.1. The lowest BCUT2D eigenvalue weighted by Crippen LogP contribution is -2.11. The van der Waals surface area contributed by atoms with Crippen molar-refractivity contribution < 1.29 is 26.3 Å². The molecule has 0 atom stereocenters. The number of nitriles is 1. The number of nitrogens with zero attached hydrogens (tertiary/aromatic N) is 5. The molecule has 5 nitrogen and oxygen atoms in total. The fourth-order valence-electron chi connectivity index (χ4n) is 6.47. The van der Waals surface area contributed by atoms with E-state index >= 15 is 0 Å². The van der Waals surface area contributed by atoms with E-state index in [1.54, 1.807) is 84.9 Å². The summed E-state index contributed by atoms with van der Waals surface area (Å²) in [6.45, 7) is 0. The largest absolute Gasteiger partial charge is 0.416 e. The molecule has 53 heavy (non-hydrogen) atoms. The Hall–Kier alpha value is -6.80. The quantitative estimate of drug-likeness (QED) is 0.167. The highest BCUT2D eigenvalue weighted by Crippen LogP contribution is 2.42. The Morgan fingerprint density at radius 2 is 1.02 bits per heavy atom. The van der Waals surface area contributed by atoms with Crippen LogP contribution in [0.15, 0.2) is 140 Å². The number of hydrogen-bond acceptors (Lipinski definition) is 4. The first-order chi connectivity index (χ1) is 25.5. The van der Waals surface area contributed by atoms with Gasteiger partial charge in [-0.1, -0.05) is 78.9 Å². The molecule has 6 aromatic carbocycles. The first kappa shape index (κ1) is 33.3. The Morgan fingerprint density at radius 1 is 0.472 bits per heavy atom. The van der Waals surface area contributed by atoms with Gasteiger partial charge in [0.25, 0.3) is 0 Å². The highest BCUT2D eigenvalue weighted by atomic mass is 19.4. The van der Waals surface area contributed by atoms with Crippen molar-refractivity contribution in [1.82, 2.24) is 19.5 Å². The maximum Gasteiger partial charge on any atom is 0.416 e. The second-order valence-corrected chi connectivity index (χ2v) is 12.3. The van der Waals surface area contributed by atoms with Crippen molar-refractivity contribution in [2.75, 3.05) is 0 Å². The van der Waals surface area contributed by atoms with E-state index in [2.05, 4.69) is 11.1 Å². The van der Waals surface area contributed by atoms with Gasteiger partial charge in [0.2, 0.25) is 0 Å². The SMILES string of the molecule is N#Cc1ccc2c(c1)c1ccccc1n2-c1ccc(-c2nc(-c3ccccc3)nc(-c3ccccc3)n2)c(-c2cc(C(F)(F)F)cc(C(F)(F)F)c2)c1. The van der Waals surface area contributed by atoms with E-state index in [9.17, 15) is 31.6 Å². The van der Waals surface area contributed by atoms with Crippen LogP contribution in [0.2, 0.25) is 0 Å². The maximum atomic E-state index is 14.2. The maximum absolute atomic E-state index is 14.2. The number of alkyl halides is 6. The number of halogens is 6. The molecule has 2 heterocycles. The van der Waals surface area contributed by atoms with Gasteiger partial charge in [-0.25, -0.2) is 15.0 Å². The monoisotopic (exact) mass is 711 g/mol. The Bertz CT molecular complexity index is 2620. The van der Waals surface area contributed by atoms with Gasteiger partial charge in [0.15, 0.2) is 17.5 Å². The minimum atomic E-state index is -5.08. The molecule has 0 unspecified atom stereocenters. The van der Waals surface area contributed by atoms with Crippen LogP contribution in [-0.4, -0.2) is 19.5 Å². The molecule has 0 aliphatic heterocycles. The van der Waals surface area contributed by atoms with E-state index in [1.807, 2.05) is 41.0 Å². The summed E-state index contributed by atoms with van der Waals surface area (Å²) in [5, 5.41) is 11.2. The molecule has 8 rings (SSSR count). The minimum absolute atomic E-state index is 0.0305. The van der Waals surface area contributed by atoms with Gasteiger partial charge in [-0.3, -0.25) is 0 Å². The number of fused-ring (bicyclic) bond motifs is 3. The van der Waals surface area contributed by atoms with E-state index in [0.717, 1.165) is 10.8 Å². The number of rotatable bonds is 5. The van der Waals surface area contributed by atoms with E-state index < -0.39 is 23.5 Å². The first-order valence-electron chi connectivity index (χ1n) is 16.2. The van der Waals surface area contributed by atoms with Crippen molar-refractivity contribution in [3.8, 4) is 57.0 Å². The van der Waals surface area contributed by atoms with Crippen LogP contribution in [0.3, 0.4) is 0 Å².